The van der Waals surface area contributed by atoms with Crippen molar-refractivity contribution in [1.82, 2.24) is 24.5 Å². The first kappa shape index (κ1) is 26.1. The second kappa shape index (κ2) is 12.3. The molecule has 2 amide bonds. The molecule has 1 fully saturated rings. The van der Waals surface area contributed by atoms with Crippen molar-refractivity contribution in [3.05, 3.63) is 84.2 Å². The lowest BCUT2D eigenvalue weighted by Gasteiger charge is -2.15. The smallest absolute Gasteiger partial charge is 0.317 e. The number of nitrogens with one attached hydrogen (secondary N) is 1. The zero-order valence-corrected chi connectivity index (χ0v) is 21.7. The Morgan fingerprint density at radius 3 is 2.46 bits per heavy atom. The van der Waals surface area contributed by atoms with Gasteiger partial charge in [0.05, 0.1) is 18.5 Å². The standard InChI is InChI=1S/C15H16N6O.C13H19NO/c1-10-13(11-8-17-20(2)9-11)19-21(14(10)18-15(16)22)12-6-4-3-5-7-12;1-15-10-9-14-8-7-13(11-14)12-5-3-2-4-6-12/h3-9H,1-2H3,(H3,16,18,22);2-6,13H,7-11H2,1H3. The van der Waals surface area contributed by atoms with E-state index in [2.05, 4.69) is 50.7 Å². The molecule has 1 atom stereocenters. The number of methoxy groups -OCH3 is 1. The van der Waals surface area contributed by atoms with E-state index in [1.54, 1.807) is 22.7 Å². The van der Waals surface area contributed by atoms with Crippen LogP contribution in [0.1, 0.15) is 23.5 Å². The van der Waals surface area contributed by atoms with E-state index in [1.165, 1.54) is 25.1 Å². The van der Waals surface area contributed by atoms with Crippen LogP contribution in [0.3, 0.4) is 0 Å². The number of hydrogen-bond donors (Lipinski definition) is 2. The second-order valence-corrected chi connectivity index (χ2v) is 9.15. The SMILES string of the molecule is COCCN1CCC(c2ccccc2)C1.Cc1c(-c2cnn(C)c2)nn(-c2ccccc2)c1NC(N)=O. The summed E-state index contributed by atoms with van der Waals surface area (Å²) in [6.45, 7) is 6.21. The molecule has 1 saturated heterocycles. The Balaban J connectivity index is 0.000000186. The Bertz CT molecular complexity index is 1280. The van der Waals surface area contributed by atoms with Crippen molar-refractivity contribution in [1.29, 1.82) is 0 Å². The van der Waals surface area contributed by atoms with Crippen molar-refractivity contribution in [2.45, 2.75) is 19.3 Å². The number of aromatic nitrogens is 4. The maximum Gasteiger partial charge on any atom is 0.317 e. The fraction of sp³-hybridized carbons (Fsp3) is 0.321. The van der Waals surface area contributed by atoms with E-state index in [4.69, 9.17) is 10.5 Å². The first-order valence-electron chi connectivity index (χ1n) is 12.4. The van der Waals surface area contributed by atoms with Crippen LogP contribution in [0.2, 0.25) is 0 Å². The van der Waals surface area contributed by atoms with Gasteiger partial charge in [0.25, 0.3) is 0 Å². The van der Waals surface area contributed by atoms with Crippen LogP contribution in [-0.4, -0.2) is 63.8 Å². The van der Waals surface area contributed by atoms with E-state index in [-0.39, 0.29) is 0 Å². The summed E-state index contributed by atoms with van der Waals surface area (Å²) in [5, 5.41) is 11.4. The molecule has 1 aliphatic rings. The predicted molar refractivity (Wildman–Crippen MR) is 146 cm³/mol. The zero-order valence-electron chi connectivity index (χ0n) is 21.7. The molecule has 2 aromatic carbocycles. The average molecular weight is 502 g/mol. The van der Waals surface area contributed by atoms with Crippen molar-refractivity contribution < 1.29 is 9.53 Å². The molecule has 0 bridgehead atoms. The fourth-order valence-electron chi connectivity index (χ4n) is 4.59. The van der Waals surface area contributed by atoms with Gasteiger partial charge in [-0.3, -0.25) is 10.00 Å². The highest BCUT2D eigenvalue weighted by atomic mass is 16.5. The van der Waals surface area contributed by atoms with Gasteiger partial charge in [0.15, 0.2) is 0 Å². The Labute approximate surface area is 217 Å². The van der Waals surface area contributed by atoms with Crippen molar-refractivity contribution in [2.75, 3.05) is 38.7 Å². The third-order valence-electron chi connectivity index (χ3n) is 6.50. The van der Waals surface area contributed by atoms with Crippen LogP contribution in [0, 0.1) is 6.92 Å². The number of urea groups is 1. The summed E-state index contributed by atoms with van der Waals surface area (Å²) in [4.78, 5) is 13.8. The maximum atomic E-state index is 11.3. The summed E-state index contributed by atoms with van der Waals surface area (Å²) in [5.74, 6) is 1.28. The number of amides is 2. The number of likely N-dealkylation sites (tertiary alicyclic amines) is 1. The first-order valence-corrected chi connectivity index (χ1v) is 12.4. The molecule has 2 aromatic heterocycles. The van der Waals surface area contributed by atoms with Crippen molar-refractivity contribution in [3.8, 4) is 16.9 Å². The highest BCUT2D eigenvalue weighted by Crippen LogP contribution is 2.30. The summed E-state index contributed by atoms with van der Waals surface area (Å²) in [5.41, 5.74) is 10.1. The number of primary amides is 1. The number of ether oxygens (including phenoxy) is 1. The highest BCUT2D eigenvalue weighted by molar-refractivity contribution is 5.89. The molecule has 1 aliphatic heterocycles. The van der Waals surface area contributed by atoms with Gasteiger partial charge in [-0.25, -0.2) is 9.48 Å². The summed E-state index contributed by atoms with van der Waals surface area (Å²) in [6.07, 6.45) is 4.89. The van der Waals surface area contributed by atoms with Crippen LogP contribution in [0.15, 0.2) is 73.1 Å². The molecular formula is C28H35N7O2. The molecule has 37 heavy (non-hydrogen) atoms. The maximum absolute atomic E-state index is 11.3. The lowest BCUT2D eigenvalue weighted by atomic mass is 9.99. The van der Waals surface area contributed by atoms with Gasteiger partial charge in [-0.15, -0.1) is 0 Å². The number of rotatable bonds is 7. The van der Waals surface area contributed by atoms with Crippen LogP contribution in [-0.2, 0) is 11.8 Å². The predicted octanol–water partition coefficient (Wildman–Crippen LogP) is 4.19. The number of nitrogens with zero attached hydrogens (tertiary/aromatic N) is 5. The Morgan fingerprint density at radius 1 is 1.14 bits per heavy atom. The monoisotopic (exact) mass is 501 g/mol. The molecule has 5 rings (SSSR count). The van der Waals surface area contributed by atoms with E-state index in [0.29, 0.717) is 5.82 Å². The van der Waals surface area contributed by atoms with Crippen LogP contribution in [0.25, 0.3) is 16.9 Å². The van der Waals surface area contributed by atoms with Gasteiger partial charge < -0.3 is 15.4 Å². The summed E-state index contributed by atoms with van der Waals surface area (Å²) < 4.78 is 8.48. The zero-order chi connectivity index (χ0) is 26.2. The number of aryl methyl sites for hydroxylation is 1. The van der Waals surface area contributed by atoms with Crippen molar-refractivity contribution >= 4 is 11.8 Å². The molecule has 3 heterocycles. The molecule has 9 heteroatoms. The van der Waals surface area contributed by atoms with Gasteiger partial charge in [0.1, 0.15) is 11.5 Å². The van der Waals surface area contributed by atoms with E-state index >= 15 is 0 Å². The largest absolute Gasteiger partial charge is 0.383 e. The van der Waals surface area contributed by atoms with Crippen molar-refractivity contribution in [2.24, 2.45) is 12.8 Å². The van der Waals surface area contributed by atoms with Gasteiger partial charge in [0.2, 0.25) is 0 Å². The topological polar surface area (TPSA) is 103 Å². The molecule has 4 aromatic rings. The summed E-state index contributed by atoms with van der Waals surface area (Å²) in [7, 11) is 3.61. The quantitative estimate of drug-likeness (QED) is 0.395. The van der Waals surface area contributed by atoms with Crippen molar-refractivity contribution in [3.63, 3.8) is 0 Å². The Hall–Kier alpha value is -3.95. The van der Waals surface area contributed by atoms with Gasteiger partial charge in [0, 0.05) is 44.6 Å². The van der Waals surface area contributed by atoms with E-state index in [1.807, 2.05) is 50.5 Å². The Morgan fingerprint density at radius 2 is 1.84 bits per heavy atom. The lowest BCUT2D eigenvalue weighted by molar-refractivity contribution is 0.160. The minimum Gasteiger partial charge on any atom is -0.383 e. The molecule has 9 nitrogen and oxygen atoms in total. The van der Waals surface area contributed by atoms with Gasteiger partial charge in [-0.1, -0.05) is 48.5 Å². The van der Waals surface area contributed by atoms with E-state index in [0.717, 1.165) is 41.6 Å². The normalized spacial score (nSPS) is 15.3. The van der Waals surface area contributed by atoms with Gasteiger partial charge in [-0.05, 0) is 43.5 Å². The minimum absolute atomic E-state index is 0.553. The lowest BCUT2D eigenvalue weighted by Crippen LogP contribution is -2.24. The molecule has 0 aliphatic carbocycles. The number of benzene rings is 2. The minimum atomic E-state index is -0.627. The number of carbonyl (C=O) groups is 1. The van der Waals surface area contributed by atoms with Crippen LogP contribution in [0.5, 0.6) is 0 Å². The van der Waals surface area contributed by atoms with Gasteiger partial charge >= 0.3 is 6.03 Å². The van der Waals surface area contributed by atoms with Gasteiger partial charge in [-0.2, -0.15) is 10.2 Å². The summed E-state index contributed by atoms with van der Waals surface area (Å²) in [6, 6.07) is 19.8. The molecule has 1 unspecified atom stereocenters. The van der Waals surface area contributed by atoms with Crippen LogP contribution >= 0.6 is 0 Å². The molecule has 0 spiro atoms. The highest BCUT2D eigenvalue weighted by Gasteiger charge is 2.23. The number of nitrogens with two attached hydrogens (primary N) is 1. The fourth-order valence-corrected chi connectivity index (χ4v) is 4.59. The van der Waals surface area contributed by atoms with E-state index < -0.39 is 6.03 Å². The number of para-hydroxylation sites is 1. The number of carbonyl (C=O) groups excluding carboxylic acids is 1. The second-order valence-electron chi connectivity index (χ2n) is 9.15. The number of hydrogen-bond acceptors (Lipinski definition) is 5. The van der Waals surface area contributed by atoms with Crippen LogP contribution in [0.4, 0.5) is 10.6 Å². The Kier molecular flexibility index (Phi) is 8.71. The third-order valence-corrected chi connectivity index (χ3v) is 6.50. The third kappa shape index (κ3) is 6.63. The molecule has 3 N–H and O–H groups in total. The first-order chi connectivity index (χ1) is 18.0. The number of anilines is 1. The molecule has 0 saturated carbocycles. The molecular weight excluding hydrogens is 466 g/mol. The average Bonchev–Trinajstić information content (AvgIpc) is 3.64. The van der Waals surface area contributed by atoms with Crippen LogP contribution < -0.4 is 11.1 Å². The molecule has 194 valence electrons. The molecule has 0 radical (unpaired) electrons. The summed E-state index contributed by atoms with van der Waals surface area (Å²) >= 11 is 0. The van der Waals surface area contributed by atoms with E-state index in [9.17, 15) is 4.79 Å².